The SMILES string of the molecule is O=C1CCc2c(F)ccc3c(Cl)c(O)cc1c23. The number of aryl methyl sites for hydroxylation is 1. The fourth-order valence-electron chi connectivity index (χ4n) is 2.36. The number of carbonyl (C=O) groups excluding carboxylic acids is 1. The summed E-state index contributed by atoms with van der Waals surface area (Å²) in [7, 11) is 0. The summed E-state index contributed by atoms with van der Waals surface area (Å²) in [6.07, 6.45) is 0.653. The number of Topliss-reactive ketones (excluding diaryl/α,β-unsaturated/α-hetero) is 1. The molecule has 1 aliphatic rings. The number of phenolic OH excluding ortho intramolecular Hbond substituents is 1. The summed E-state index contributed by atoms with van der Waals surface area (Å²) in [6, 6.07) is 4.15. The molecule has 4 heteroatoms. The summed E-state index contributed by atoms with van der Waals surface area (Å²) < 4.78 is 13.7. The molecule has 0 heterocycles. The normalized spacial score (nSPS) is 14.4. The molecule has 2 aromatic carbocycles. The molecule has 2 nitrogen and oxygen atoms in total. The second-order valence-electron chi connectivity index (χ2n) is 4.13. The van der Waals surface area contributed by atoms with Crippen molar-refractivity contribution in [3.63, 3.8) is 0 Å². The lowest BCUT2D eigenvalue weighted by atomic mass is 9.87. The van der Waals surface area contributed by atoms with Crippen LogP contribution in [0.4, 0.5) is 4.39 Å². The number of ketones is 1. The Bertz CT molecular complexity index is 664. The molecule has 0 radical (unpaired) electrons. The summed E-state index contributed by atoms with van der Waals surface area (Å²) in [4.78, 5) is 11.8. The number of benzene rings is 2. The highest BCUT2D eigenvalue weighted by molar-refractivity contribution is 6.38. The van der Waals surface area contributed by atoms with Crippen molar-refractivity contribution in [3.05, 3.63) is 40.2 Å². The van der Waals surface area contributed by atoms with Gasteiger partial charge in [-0.1, -0.05) is 11.6 Å². The van der Waals surface area contributed by atoms with E-state index in [0.717, 1.165) is 0 Å². The monoisotopic (exact) mass is 250 g/mol. The fraction of sp³-hybridized carbons (Fsp3) is 0.154. The van der Waals surface area contributed by atoms with E-state index < -0.39 is 0 Å². The minimum atomic E-state index is -0.326. The second kappa shape index (κ2) is 3.44. The van der Waals surface area contributed by atoms with E-state index in [0.29, 0.717) is 28.3 Å². The number of carbonyl (C=O) groups is 1. The molecule has 86 valence electrons. The maximum atomic E-state index is 13.7. The Kier molecular flexibility index (Phi) is 2.13. The molecule has 0 atom stereocenters. The summed E-state index contributed by atoms with van der Waals surface area (Å²) in [6.45, 7) is 0. The van der Waals surface area contributed by atoms with Crippen molar-refractivity contribution in [3.8, 4) is 5.75 Å². The van der Waals surface area contributed by atoms with E-state index in [-0.39, 0.29) is 28.8 Å². The maximum Gasteiger partial charge on any atom is 0.163 e. The summed E-state index contributed by atoms with van der Waals surface area (Å²) in [5.41, 5.74) is 0.877. The Labute approximate surface area is 102 Å². The number of phenols is 1. The van der Waals surface area contributed by atoms with Gasteiger partial charge in [0, 0.05) is 22.8 Å². The van der Waals surface area contributed by atoms with Crippen LogP contribution in [0.1, 0.15) is 22.3 Å². The van der Waals surface area contributed by atoms with Gasteiger partial charge in [0.15, 0.2) is 5.78 Å². The van der Waals surface area contributed by atoms with Gasteiger partial charge in [0.25, 0.3) is 0 Å². The first-order valence-corrected chi connectivity index (χ1v) is 5.63. The highest BCUT2D eigenvalue weighted by Gasteiger charge is 2.24. The van der Waals surface area contributed by atoms with E-state index >= 15 is 0 Å². The van der Waals surface area contributed by atoms with Crippen LogP contribution >= 0.6 is 11.6 Å². The molecule has 0 amide bonds. The molecular weight excluding hydrogens is 243 g/mol. The van der Waals surface area contributed by atoms with Gasteiger partial charge in [0.1, 0.15) is 11.6 Å². The third kappa shape index (κ3) is 1.35. The molecule has 0 bridgehead atoms. The average Bonchev–Trinajstić information content (AvgIpc) is 2.31. The number of hydrogen-bond donors (Lipinski definition) is 1. The minimum absolute atomic E-state index is 0.0833. The Morgan fingerprint density at radius 1 is 1.29 bits per heavy atom. The zero-order valence-electron chi connectivity index (χ0n) is 8.76. The predicted octanol–water partition coefficient (Wildman–Crippen LogP) is 3.47. The zero-order valence-corrected chi connectivity index (χ0v) is 9.51. The van der Waals surface area contributed by atoms with Gasteiger partial charge in [-0.15, -0.1) is 0 Å². The number of rotatable bonds is 0. The van der Waals surface area contributed by atoms with Gasteiger partial charge in [-0.2, -0.15) is 0 Å². The van der Waals surface area contributed by atoms with E-state index in [2.05, 4.69) is 0 Å². The van der Waals surface area contributed by atoms with Gasteiger partial charge in [0.05, 0.1) is 5.02 Å². The molecule has 0 saturated carbocycles. The molecule has 17 heavy (non-hydrogen) atoms. The number of hydrogen-bond acceptors (Lipinski definition) is 2. The standard InChI is InChI=1S/C13H8ClFO2/c14-13-7-1-3-9(15)6-2-4-10(16)8(12(6)7)5-11(13)17/h1,3,5,17H,2,4H2. The molecule has 0 aromatic heterocycles. The highest BCUT2D eigenvalue weighted by atomic mass is 35.5. The van der Waals surface area contributed by atoms with Crippen LogP contribution < -0.4 is 0 Å². The third-order valence-electron chi connectivity index (χ3n) is 3.17. The fourth-order valence-corrected chi connectivity index (χ4v) is 2.57. The summed E-state index contributed by atoms with van der Waals surface area (Å²) in [5, 5.41) is 10.9. The van der Waals surface area contributed by atoms with Gasteiger partial charge in [0.2, 0.25) is 0 Å². The van der Waals surface area contributed by atoms with Crippen LogP contribution in [-0.4, -0.2) is 10.9 Å². The van der Waals surface area contributed by atoms with Crippen LogP contribution in [0.15, 0.2) is 18.2 Å². The molecule has 0 unspecified atom stereocenters. The first-order valence-electron chi connectivity index (χ1n) is 5.25. The van der Waals surface area contributed by atoms with Gasteiger partial charge in [-0.3, -0.25) is 4.79 Å². The second-order valence-corrected chi connectivity index (χ2v) is 4.51. The minimum Gasteiger partial charge on any atom is -0.506 e. The third-order valence-corrected chi connectivity index (χ3v) is 3.57. The van der Waals surface area contributed by atoms with Crippen LogP contribution in [0.2, 0.25) is 5.02 Å². The lowest BCUT2D eigenvalue weighted by molar-refractivity contribution is 0.0981. The Morgan fingerprint density at radius 2 is 2.06 bits per heavy atom. The van der Waals surface area contributed by atoms with Crippen molar-refractivity contribution in [2.24, 2.45) is 0 Å². The molecule has 0 saturated heterocycles. The number of halogens is 2. The zero-order chi connectivity index (χ0) is 12.2. The average molecular weight is 251 g/mol. The molecule has 0 fully saturated rings. The molecule has 1 aliphatic carbocycles. The molecule has 1 N–H and O–H groups in total. The van der Waals surface area contributed by atoms with Crippen LogP contribution in [0, 0.1) is 5.82 Å². The predicted molar refractivity (Wildman–Crippen MR) is 63.2 cm³/mol. The quantitative estimate of drug-likeness (QED) is 0.777. The van der Waals surface area contributed by atoms with Crippen LogP contribution in [0.3, 0.4) is 0 Å². The van der Waals surface area contributed by atoms with E-state index in [1.807, 2.05) is 0 Å². The lowest BCUT2D eigenvalue weighted by Crippen LogP contribution is -2.11. The highest BCUT2D eigenvalue weighted by Crippen LogP contribution is 2.39. The van der Waals surface area contributed by atoms with E-state index in [1.54, 1.807) is 0 Å². The van der Waals surface area contributed by atoms with Gasteiger partial charge >= 0.3 is 0 Å². The first kappa shape index (κ1) is 10.5. The Morgan fingerprint density at radius 3 is 2.82 bits per heavy atom. The smallest absolute Gasteiger partial charge is 0.163 e. The van der Waals surface area contributed by atoms with Crippen molar-refractivity contribution in [1.82, 2.24) is 0 Å². The van der Waals surface area contributed by atoms with Crippen molar-refractivity contribution >= 4 is 28.2 Å². The molecule has 0 aliphatic heterocycles. The maximum absolute atomic E-state index is 13.7. The van der Waals surface area contributed by atoms with E-state index in [4.69, 9.17) is 11.6 Å². The topological polar surface area (TPSA) is 37.3 Å². The first-order chi connectivity index (χ1) is 8.09. The molecule has 3 rings (SSSR count). The lowest BCUT2D eigenvalue weighted by Gasteiger charge is -2.18. The van der Waals surface area contributed by atoms with Gasteiger partial charge in [-0.25, -0.2) is 4.39 Å². The van der Waals surface area contributed by atoms with Crippen LogP contribution in [-0.2, 0) is 6.42 Å². The largest absolute Gasteiger partial charge is 0.506 e. The van der Waals surface area contributed by atoms with Crippen molar-refractivity contribution in [1.29, 1.82) is 0 Å². The molecular formula is C13H8ClFO2. The van der Waals surface area contributed by atoms with Crippen molar-refractivity contribution in [2.45, 2.75) is 12.8 Å². The van der Waals surface area contributed by atoms with Crippen molar-refractivity contribution < 1.29 is 14.3 Å². The molecule has 2 aromatic rings. The molecule has 0 spiro atoms. The number of aromatic hydroxyl groups is 1. The van der Waals surface area contributed by atoms with E-state index in [9.17, 15) is 14.3 Å². The van der Waals surface area contributed by atoms with Gasteiger partial charge in [-0.05, 0) is 30.2 Å². The van der Waals surface area contributed by atoms with Crippen molar-refractivity contribution in [2.75, 3.05) is 0 Å². The van der Waals surface area contributed by atoms with Gasteiger partial charge < -0.3 is 5.11 Å². The Balaban J connectivity index is 2.57. The van der Waals surface area contributed by atoms with E-state index in [1.165, 1.54) is 18.2 Å². The summed E-state index contributed by atoms with van der Waals surface area (Å²) >= 11 is 5.97. The van der Waals surface area contributed by atoms with Crippen LogP contribution in [0.25, 0.3) is 10.8 Å². The van der Waals surface area contributed by atoms with Crippen LogP contribution in [0.5, 0.6) is 5.75 Å². The summed E-state index contributed by atoms with van der Waals surface area (Å²) in [5.74, 6) is -0.546. The Hall–Kier alpha value is -1.61.